The summed E-state index contributed by atoms with van der Waals surface area (Å²) in [6.45, 7) is 0. The summed E-state index contributed by atoms with van der Waals surface area (Å²) in [5.41, 5.74) is 2.10. The molecule has 1 N–H and O–H groups in total. The average molecular weight is 234 g/mol. The fourth-order valence-corrected chi connectivity index (χ4v) is 1.77. The number of hydrogen-bond acceptors (Lipinski definition) is 1. The molecule has 0 aliphatic heterocycles. The first-order valence-corrected chi connectivity index (χ1v) is 5.54. The van der Waals surface area contributed by atoms with Crippen LogP contribution in [-0.2, 0) is 12.8 Å². The number of halogens is 1. The minimum Gasteiger partial charge on any atom is -0.328 e. The van der Waals surface area contributed by atoms with Crippen molar-refractivity contribution in [2.75, 3.05) is 0 Å². The highest BCUT2D eigenvalue weighted by molar-refractivity contribution is 6.30. The van der Waals surface area contributed by atoms with Crippen LogP contribution in [0.15, 0.2) is 47.4 Å². The maximum atomic E-state index is 11.1. The number of aryl methyl sites for hydroxylation is 2. The molecule has 0 radical (unpaired) electrons. The second kappa shape index (κ2) is 4.99. The summed E-state index contributed by atoms with van der Waals surface area (Å²) in [5, 5.41) is 0.255. The molecule has 1 heterocycles. The first kappa shape index (κ1) is 11.0. The van der Waals surface area contributed by atoms with Crippen molar-refractivity contribution in [2.45, 2.75) is 12.8 Å². The van der Waals surface area contributed by atoms with Gasteiger partial charge in [0.2, 0.25) is 0 Å². The summed E-state index contributed by atoms with van der Waals surface area (Å²) in [4.78, 5) is 13.7. The van der Waals surface area contributed by atoms with E-state index in [4.69, 9.17) is 11.6 Å². The highest BCUT2D eigenvalue weighted by Crippen LogP contribution is 2.08. The van der Waals surface area contributed by atoms with E-state index in [1.807, 2.05) is 18.2 Å². The van der Waals surface area contributed by atoms with Crippen molar-refractivity contribution >= 4 is 11.6 Å². The van der Waals surface area contributed by atoms with Gasteiger partial charge in [0.15, 0.2) is 0 Å². The Morgan fingerprint density at radius 1 is 1.06 bits per heavy atom. The summed E-state index contributed by atoms with van der Waals surface area (Å²) < 4.78 is 0. The van der Waals surface area contributed by atoms with Crippen LogP contribution >= 0.6 is 11.6 Å². The summed E-state index contributed by atoms with van der Waals surface area (Å²) in [7, 11) is 0. The van der Waals surface area contributed by atoms with E-state index in [-0.39, 0.29) is 10.6 Å². The number of aromatic nitrogens is 1. The van der Waals surface area contributed by atoms with E-state index in [1.54, 1.807) is 12.3 Å². The highest BCUT2D eigenvalue weighted by Gasteiger charge is 1.99. The van der Waals surface area contributed by atoms with Crippen LogP contribution in [0, 0.1) is 0 Å². The highest BCUT2D eigenvalue weighted by atomic mass is 35.5. The molecule has 2 aromatic rings. The quantitative estimate of drug-likeness (QED) is 0.869. The van der Waals surface area contributed by atoms with E-state index >= 15 is 0 Å². The molecule has 0 amide bonds. The molecule has 0 spiro atoms. The number of hydrogen-bond donors (Lipinski definition) is 1. The van der Waals surface area contributed by atoms with Crippen LogP contribution in [0.3, 0.4) is 0 Å². The Kier molecular flexibility index (Phi) is 3.42. The fourth-order valence-electron chi connectivity index (χ4n) is 1.57. The van der Waals surface area contributed by atoms with Crippen LogP contribution in [0.1, 0.15) is 11.1 Å². The van der Waals surface area contributed by atoms with Gasteiger partial charge in [-0.15, -0.1) is 0 Å². The summed E-state index contributed by atoms with van der Waals surface area (Å²) in [6, 6.07) is 12.0. The molecule has 0 fully saturated rings. The minimum absolute atomic E-state index is 0.231. The van der Waals surface area contributed by atoms with E-state index in [0.717, 1.165) is 18.4 Å². The lowest BCUT2D eigenvalue weighted by Gasteiger charge is -2.02. The van der Waals surface area contributed by atoms with Gasteiger partial charge in [-0.25, -0.2) is 0 Å². The first-order valence-electron chi connectivity index (χ1n) is 5.17. The molecule has 1 aromatic heterocycles. The molecule has 0 unspecified atom stereocenters. The number of H-pyrrole nitrogens is 1. The third kappa shape index (κ3) is 2.74. The number of benzene rings is 1. The second-order valence-electron chi connectivity index (χ2n) is 3.67. The third-order valence-corrected chi connectivity index (χ3v) is 2.74. The van der Waals surface area contributed by atoms with E-state index in [2.05, 4.69) is 17.1 Å². The molecule has 0 bridgehead atoms. The van der Waals surface area contributed by atoms with Gasteiger partial charge in [-0.05, 0) is 30.0 Å². The van der Waals surface area contributed by atoms with Crippen LogP contribution in [0.5, 0.6) is 0 Å². The average Bonchev–Trinajstić information content (AvgIpc) is 2.32. The smallest absolute Gasteiger partial charge is 0.266 e. The maximum absolute atomic E-state index is 11.1. The van der Waals surface area contributed by atoms with Gasteiger partial charge in [0.05, 0.1) is 0 Å². The van der Waals surface area contributed by atoms with Crippen LogP contribution in [0.25, 0.3) is 0 Å². The van der Waals surface area contributed by atoms with Crippen LogP contribution < -0.4 is 5.56 Å². The Hall–Kier alpha value is -1.54. The van der Waals surface area contributed by atoms with Gasteiger partial charge < -0.3 is 4.98 Å². The second-order valence-corrected chi connectivity index (χ2v) is 4.08. The molecular formula is C13H12ClNO. The Morgan fingerprint density at radius 2 is 1.75 bits per heavy atom. The molecule has 2 nitrogen and oxygen atoms in total. The van der Waals surface area contributed by atoms with Gasteiger partial charge in [0.25, 0.3) is 5.56 Å². The predicted octanol–water partition coefficient (Wildman–Crippen LogP) is 2.81. The molecule has 0 atom stereocenters. The maximum Gasteiger partial charge on any atom is 0.266 e. The number of pyridine rings is 1. The molecule has 0 saturated heterocycles. The van der Waals surface area contributed by atoms with E-state index in [0.29, 0.717) is 0 Å². The lowest BCUT2D eigenvalue weighted by atomic mass is 10.1. The van der Waals surface area contributed by atoms with E-state index in [9.17, 15) is 4.79 Å². The first-order chi connectivity index (χ1) is 7.75. The molecule has 82 valence electrons. The zero-order valence-electron chi connectivity index (χ0n) is 8.74. The molecule has 0 aliphatic carbocycles. The van der Waals surface area contributed by atoms with Crippen molar-refractivity contribution in [3.63, 3.8) is 0 Å². The van der Waals surface area contributed by atoms with Crippen LogP contribution in [0.4, 0.5) is 0 Å². The molecule has 2 rings (SSSR count). The fraction of sp³-hybridized carbons (Fsp3) is 0.154. The predicted molar refractivity (Wildman–Crippen MR) is 65.9 cm³/mol. The van der Waals surface area contributed by atoms with Gasteiger partial charge in [-0.3, -0.25) is 4.79 Å². The van der Waals surface area contributed by atoms with Crippen molar-refractivity contribution in [2.24, 2.45) is 0 Å². The zero-order valence-corrected chi connectivity index (χ0v) is 9.50. The Morgan fingerprint density at radius 3 is 2.44 bits per heavy atom. The summed E-state index contributed by atoms with van der Waals surface area (Å²) >= 11 is 5.75. The van der Waals surface area contributed by atoms with Crippen molar-refractivity contribution in [3.05, 3.63) is 69.1 Å². The largest absolute Gasteiger partial charge is 0.328 e. The van der Waals surface area contributed by atoms with E-state index < -0.39 is 0 Å². The topological polar surface area (TPSA) is 32.9 Å². The Balaban J connectivity index is 2.05. The van der Waals surface area contributed by atoms with Crippen molar-refractivity contribution in [1.29, 1.82) is 0 Å². The molecule has 16 heavy (non-hydrogen) atoms. The summed E-state index contributed by atoms with van der Waals surface area (Å²) in [5.74, 6) is 0. The molecule has 0 saturated carbocycles. The lowest BCUT2D eigenvalue weighted by molar-refractivity contribution is 0.946. The van der Waals surface area contributed by atoms with Gasteiger partial charge in [0.1, 0.15) is 5.02 Å². The molecule has 0 aliphatic rings. The normalized spacial score (nSPS) is 10.3. The van der Waals surface area contributed by atoms with Gasteiger partial charge in [-0.1, -0.05) is 41.9 Å². The number of nitrogens with one attached hydrogen (secondary N) is 1. The zero-order chi connectivity index (χ0) is 11.4. The standard InChI is InChI=1S/C13H12ClNO/c14-12-8-11(9-15-13(12)16)7-6-10-4-2-1-3-5-10/h1-5,8-9H,6-7H2,(H,15,16). The Bertz CT molecular complexity index is 519. The minimum atomic E-state index is -0.231. The van der Waals surface area contributed by atoms with Gasteiger partial charge in [-0.2, -0.15) is 0 Å². The SMILES string of the molecule is O=c1[nH]cc(CCc2ccccc2)cc1Cl. The van der Waals surface area contributed by atoms with Crippen molar-refractivity contribution < 1.29 is 0 Å². The van der Waals surface area contributed by atoms with Crippen LogP contribution in [-0.4, -0.2) is 4.98 Å². The van der Waals surface area contributed by atoms with Crippen molar-refractivity contribution in [3.8, 4) is 0 Å². The lowest BCUT2D eigenvalue weighted by Crippen LogP contribution is -2.06. The van der Waals surface area contributed by atoms with Crippen LogP contribution in [0.2, 0.25) is 5.02 Å². The van der Waals surface area contributed by atoms with Gasteiger partial charge in [0, 0.05) is 6.20 Å². The number of rotatable bonds is 3. The number of aromatic amines is 1. The monoisotopic (exact) mass is 233 g/mol. The Labute approximate surface area is 98.9 Å². The van der Waals surface area contributed by atoms with Crippen molar-refractivity contribution in [1.82, 2.24) is 4.98 Å². The summed E-state index contributed by atoms with van der Waals surface area (Å²) in [6.07, 6.45) is 3.54. The third-order valence-electron chi connectivity index (χ3n) is 2.46. The molecule has 1 aromatic carbocycles. The molecular weight excluding hydrogens is 222 g/mol. The van der Waals surface area contributed by atoms with E-state index in [1.165, 1.54) is 5.56 Å². The van der Waals surface area contributed by atoms with Gasteiger partial charge >= 0.3 is 0 Å². The molecule has 3 heteroatoms.